The molecule has 0 unspecified atom stereocenters. The summed E-state index contributed by atoms with van der Waals surface area (Å²) in [5.41, 5.74) is 0.895. The number of ether oxygens (including phenoxy) is 1. The monoisotopic (exact) mass is 260 g/mol. The molecule has 0 atom stereocenters. The minimum atomic E-state index is -1.08. The molecule has 3 nitrogen and oxygen atoms in total. The van der Waals surface area contributed by atoms with Crippen LogP contribution >= 0.6 is 0 Å². The van der Waals surface area contributed by atoms with Gasteiger partial charge in [0.15, 0.2) is 0 Å². The van der Waals surface area contributed by atoms with E-state index >= 15 is 0 Å². The summed E-state index contributed by atoms with van der Waals surface area (Å²) in [4.78, 5) is 10.9. The van der Waals surface area contributed by atoms with Crippen molar-refractivity contribution in [3.8, 4) is 16.9 Å². The van der Waals surface area contributed by atoms with Crippen LogP contribution in [0.1, 0.15) is 17.3 Å². The Kier molecular flexibility index (Phi) is 3.80. The Morgan fingerprint density at radius 3 is 2.74 bits per heavy atom. The van der Waals surface area contributed by atoms with Crippen LogP contribution in [0, 0.1) is 5.82 Å². The minimum Gasteiger partial charge on any atom is -0.494 e. The largest absolute Gasteiger partial charge is 0.494 e. The van der Waals surface area contributed by atoms with Gasteiger partial charge in [-0.25, -0.2) is 9.18 Å². The standard InChI is InChI=1S/C15H13FO3/c1-2-19-12-5-3-4-10(8-12)13-9-11(15(17)18)6-7-14(13)16/h3-9H,2H2,1H3,(H,17,18). The topological polar surface area (TPSA) is 46.5 Å². The van der Waals surface area contributed by atoms with E-state index in [-0.39, 0.29) is 11.1 Å². The summed E-state index contributed by atoms with van der Waals surface area (Å²) in [6, 6.07) is 10.6. The van der Waals surface area contributed by atoms with E-state index in [9.17, 15) is 9.18 Å². The normalized spacial score (nSPS) is 10.2. The molecule has 98 valence electrons. The van der Waals surface area contributed by atoms with E-state index in [2.05, 4.69) is 0 Å². The molecule has 4 heteroatoms. The van der Waals surface area contributed by atoms with Crippen molar-refractivity contribution in [2.75, 3.05) is 6.61 Å². The molecule has 0 aliphatic heterocycles. The van der Waals surface area contributed by atoms with Gasteiger partial charge in [0.05, 0.1) is 12.2 Å². The van der Waals surface area contributed by atoms with Crippen molar-refractivity contribution in [2.45, 2.75) is 6.92 Å². The molecule has 19 heavy (non-hydrogen) atoms. The molecule has 1 N–H and O–H groups in total. The highest BCUT2D eigenvalue weighted by Crippen LogP contribution is 2.27. The Morgan fingerprint density at radius 2 is 2.05 bits per heavy atom. The summed E-state index contributed by atoms with van der Waals surface area (Å²) < 4.78 is 19.1. The van der Waals surface area contributed by atoms with Gasteiger partial charge in [-0.2, -0.15) is 0 Å². The predicted octanol–water partition coefficient (Wildman–Crippen LogP) is 3.59. The summed E-state index contributed by atoms with van der Waals surface area (Å²) >= 11 is 0. The van der Waals surface area contributed by atoms with Crippen molar-refractivity contribution in [2.24, 2.45) is 0 Å². The molecule has 0 bridgehead atoms. The highest BCUT2D eigenvalue weighted by molar-refractivity contribution is 5.89. The Labute approximate surface area is 110 Å². The van der Waals surface area contributed by atoms with Gasteiger partial charge >= 0.3 is 5.97 Å². The zero-order valence-electron chi connectivity index (χ0n) is 10.4. The van der Waals surface area contributed by atoms with Crippen LogP contribution in [0.25, 0.3) is 11.1 Å². The molecule has 0 heterocycles. The molecule has 2 aromatic carbocycles. The molecular weight excluding hydrogens is 247 g/mol. The average Bonchev–Trinajstić information content (AvgIpc) is 2.39. The second-order valence-electron chi connectivity index (χ2n) is 3.96. The number of carboxylic acid groups (broad SMARTS) is 1. The van der Waals surface area contributed by atoms with Gasteiger partial charge < -0.3 is 9.84 Å². The smallest absolute Gasteiger partial charge is 0.335 e. The van der Waals surface area contributed by atoms with Crippen LogP contribution in [-0.4, -0.2) is 17.7 Å². The molecule has 2 rings (SSSR count). The fraction of sp³-hybridized carbons (Fsp3) is 0.133. The van der Waals surface area contributed by atoms with E-state index < -0.39 is 11.8 Å². The Morgan fingerprint density at radius 1 is 1.26 bits per heavy atom. The molecule has 0 aromatic heterocycles. The number of carbonyl (C=O) groups is 1. The number of carboxylic acids is 1. The third-order valence-corrected chi connectivity index (χ3v) is 2.67. The van der Waals surface area contributed by atoms with E-state index in [1.807, 2.05) is 6.92 Å². The second-order valence-corrected chi connectivity index (χ2v) is 3.96. The van der Waals surface area contributed by atoms with Crippen molar-refractivity contribution in [3.63, 3.8) is 0 Å². The quantitative estimate of drug-likeness (QED) is 0.913. The number of hydrogen-bond acceptors (Lipinski definition) is 2. The van der Waals surface area contributed by atoms with Crippen molar-refractivity contribution < 1.29 is 19.0 Å². The minimum absolute atomic E-state index is 0.0539. The lowest BCUT2D eigenvalue weighted by Crippen LogP contribution is -1.98. The average molecular weight is 260 g/mol. The summed E-state index contributed by atoms with van der Waals surface area (Å²) in [7, 11) is 0. The van der Waals surface area contributed by atoms with Crippen LogP contribution in [0.3, 0.4) is 0 Å². The third kappa shape index (κ3) is 2.91. The van der Waals surface area contributed by atoms with Crippen molar-refractivity contribution >= 4 is 5.97 Å². The molecule has 0 spiro atoms. The number of halogens is 1. The summed E-state index contributed by atoms with van der Waals surface area (Å²) in [5.74, 6) is -0.916. The summed E-state index contributed by atoms with van der Waals surface area (Å²) in [5, 5.41) is 8.94. The van der Waals surface area contributed by atoms with Crippen LogP contribution in [0.2, 0.25) is 0 Å². The van der Waals surface area contributed by atoms with Gasteiger partial charge in [-0.3, -0.25) is 0 Å². The van der Waals surface area contributed by atoms with E-state index in [0.717, 1.165) is 6.07 Å². The number of hydrogen-bond donors (Lipinski definition) is 1. The molecule has 0 aliphatic rings. The Bertz CT molecular complexity index is 608. The van der Waals surface area contributed by atoms with Crippen molar-refractivity contribution in [1.82, 2.24) is 0 Å². The maximum Gasteiger partial charge on any atom is 0.335 e. The highest BCUT2D eigenvalue weighted by atomic mass is 19.1. The van der Waals surface area contributed by atoms with Crippen molar-refractivity contribution in [1.29, 1.82) is 0 Å². The number of aromatic carboxylic acids is 1. The fourth-order valence-corrected chi connectivity index (χ4v) is 1.80. The van der Waals surface area contributed by atoms with Crippen LogP contribution < -0.4 is 4.74 Å². The summed E-state index contributed by atoms with van der Waals surface area (Å²) in [6.45, 7) is 2.37. The Balaban J connectivity index is 2.48. The molecule has 0 aliphatic carbocycles. The molecule has 2 aromatic rings. The zero-order valence-corrected chi connectivity index (χ0v) is 10.4. The molecule has 0 radical (unpaired) electrons. The van der Waals surface area contributed by atoms with Gasteiger partial charge in [0, 0.05) is 5.56 Å². The maximum atomic E-state index is 13.8. The lowest BCUT2D eigenvalue weighted by molar-refractivity contribution is 0.0697. The van der Waals surface area contributed by atoms with E-state index in [0.29, 0.717) is 17.9 Å². The first-order chi connectivity index (χ1) is 9.11. The summed E-state index contributed by atoms with van der Waals surface area (Å²) in [6.07, 6.45) is 0. The second kappa shape index (κ2) is 5.52. The number of benzene rings is 2. The van der Waals surface area contributed by atoms with Crippen LogP contribution in [0.5, 0.6) is 5.75 Å². The lowest BCUT2D eigenvalue weighted by Gasteiger charge is -2.08. The molecular formula is C15H13FO3. The maximum absolute atomic E-state index is 13.8. The highest BCUT2D eigenvalue weighted by Gasteiger charge is 2.10. The first-order valence-electron chi connectivity index (χ1n) is 5.88. The first kappa shape index (κ1) is 13.1. The SMILES string of the molecule is CCOc1cccc(-c2cc(C(=O)O)ccc2F)c1. The molecule has 0 saturated carbocycles. The molecule has 0 amide bonds. The van der Waals surface area contributed by atoms with Gasteiger partial charge in [-0.1, -0.05) is 12.1 Å². The van der Waals surface area contributed by atoms with Gasteiger partial charge in [-0.15, -0.1) is 0 Å². The third-order valence-electron chi connectivity index (χ3n) is 2.67. The van der Waals surface area contributed by atoms with Gasteiger partial charge in [0.25, 0.3) is 0 Å². The molecule has 0 saturated heterocycles. The zero-order chi connectivity index (χ0) is 13.8. The van der Waals surface area contributed by atoms with Crippen LogP contribution in [0.15, 0.2) is 42.5 Å². The Hall–Kier alpha value is -2.36. The fourth-order valence-electron chi connectivity index (χ4n) is 1.80. The van der Waals surface area contributed by atoms with Crippen LogP contribution in [0.4, 0.5) is 4.39 Å². The van der Waals surface area contributed by atoms with Crippen molar-refractivity contribution in [3.05, 3.63) is 53.8 Å². The predicted molar refractivity (Wildman–Crippen MR) is 70.0 cm³/mol. The number of rotatable bonds is 4. The first-order valence-corrected chi connectivity index (χ1v) is 5.88. The van der Waals surface area contributed by atoms with E-state index in [1.54, 1.807) is 24.3 Å². The van der Waals surface area contributed by atoms with E-state index in [1.165, 1.54) is 12.1 Å². The lowest BCUT2D eigenvalue weighted by atomic mass is 10.0. The van der Waals surface area contributed by atoms with Gasteiger partial charge in [0.2, 0.25) is 0 Å². The molecule has 0 fully saturated rings. The van der Waals surface area contributed by atoms with E-state index in [4.69, 9.17) is 9.84 Å². The van der Waals surface area contributed by atoms with Gasteiger partial charge in [-0.05, 0) is 42.8 Å². The van der Waals surface area contributed by atoms with Crippen LogP contribution in [-0.2, 0) is 0 Å². The van der Waals surface area contributed by atoms with Gasteiger partial charge in [0.1, 0.15) is 11.6 Å².